The molecule has 1 amide bonds. The Labute approximate surface area is 153 Å². The van der Waals surface area contributed by atoms with Gasteiger partial charge < -0.3 is 4.74 Å². The summed E-state index contributed by atoms with van der Waals surface area (Å²) in [6.07, 6.45) is 0.434. The van der Waals surface area contributed by atoms with Crippen LogP contribution in [0.2, 0.25) is 0 Å². The molecule has 3 rings (SSSR count). The summed E-state index contributed by atoms with van der Waals surface area (Å²) in [6, 6.07) is 7.14. The van der Waals surface area contributed by atoms with Crippen LogP contribution in [0, 0.1) is 0 Å². The highest BCUT2D eigenvalue weighted by atomic mass is 79.9. The van der Waals surface area contributed by atoms with Crippen molar-refractivity contribution in [1.82, 2.24) is 4.90 Å². The lowest BCUT2D eigenvalue weighted by molar-refractivity contribution is -0.139. The summed E-state index contributed by atoms with van der Waals surface area (Å²) in [5, 5.41) is 0.654. The van der Waals surface area contributed by atoms with Crippen molar-refractivity contribution in [2.75, 3.05) is 12.4 Å². The number of hydrogen-bond donors (Lipinski definition) is 0. The first-order valence-corrected chi connectivity index (χ1v) is 9.47. The summed E-state index contributed by atoms with van der Waals surface area (Å²) in [5.41, 5.74) is 1.89. The summed E-state index contributed by atoms with van der Waals surface area (Å²) < 4.78 is 6.12. The van der Waals surface area contributed by atoms with Gasteiger partial charge in [-0.1, -0.05) is 39.8 Å². The monoisotopic (exact) mass is 408 g/mol. The second-order valence-corrected chi connectivity index (χ2v) is 7.41. The molecule has 0 radical (unpaired) electrons. The molecule has 1 saturated heterocycles. The Morgan fingerprint density at radius 1 is 1.50 bits per heavy atom. The van der Waals surface area contributed by atoms with Gasteiger partial charge in [0.05, 0.1) is 23.9 Å². The number of allylic oxidation sites excluding steroid dienone is 1. The molecule has 0 spiro atoms. The van der Waals surface area contributed by atoms with E-state index in [0.29, 0.717) is 28.6 Å². The summed E-state index contributed by atoms with van der Waals surface area (Å²) in [4.78, 5) is 31.3. The first-order valence-electron chi connectivity index (χ1n) is 7.69. The lowest BCUT2D eigenvalue weighted by Crippen LogP contribution is -2.45. The van der Waals surface area contributed by atoms with Crippen LogP contribution in [0.25, 0.3) is 0 Å². The molecule has 0 unspecified atom stereocenters. The van der Waals surface area contributed by atoms with Gasteiger partial charge in [-0.15, -0.1) is 0 Å². The molecule has 2 aliphatic heterocycles. The molecule has 1 atom stereocenters. The van der Waals surface area contributed by atoms with Gasteiger partial charge in [-0.3, -0.25) is 9.69 Å². The second-order valence-electron chi connectivity index (χ2n) is 5.43. The third-order valence-corrected chi connectivity index (χ3v) is 5.31. The first-order chi connectivity index (χ1) is 11.5. The van der Waals surface area contributed by atoms with Crippen molar-refractivity contribution < 1.29 is 14.3 Å². The normalized spacial score (nSPS) is 20.6. The average Bonchev–Trinajstić information content (AvgIpc) is 2.54. The zero-order valence-corrected chi connectivity index (χ0v) is 15.8. The van der Waals surface area contributed by atoms with Crippen LogP contribution in [0.15, 0.2) is 45.0 Å². The predicted octanol–water partition coefficient (Wildman–Crippen LogP) is 3.66. The summed E-state index contributed by atoms with van der Waals surface area (Å²) >= 11 is 5.01. The first kappa shape index (κ1) is 17.2. The topological polar surface area (TPSA) is 59.0 Å². The van der Waals surface area contributed by atoms with E-state index in [1.807, 2.05) is 24.3 Å². The van der Waals surface area contributed by atoms with Crippen molar-refractivity contribution in [3.05, 3.63) is 45.6 Å². The zero-order chi connectivity index (χ0) is 17.3. The number of amides is 1. The zero-order valence-electron chi connectivity index (χ0n) is 13.4. The van der Waals surface area contributed by atoms with Crippen LogP contribution in [-0.2, 0) is 14.3 Å². The van der Waals surface area contributed by atoms with Crippen molar-refractivity contribution in [2.45, 2.75) is 26.3 Å². The van der Waals surface area contributed by atoms with Gasteiger partial charge in [0.25, 0.3) is 0 Å². The molecule has 2 aliphatic rings. The van der Waals surface area contributed by atoms with E-state index in [1.54, 1.807) is 30.5 Å². The molecule has 0 N–H and O–H groups in total. The number of carbonyl (C=O) groups excluding carboxylic acids is 2. The van der Waals surface area contributed by atoms with E-state index in [0.717, 1.165) is 10.0 Å². The molecular formula is C17H17BrN2O3S. The number of amidine groups is 1. The van der Waals surface area contributed by atoms with Crippen LogP contribution in [0.3, 0.4) is 0 Å². The molecule has 24 heavy (non-hydrogen) atoms. The van der Waals surface area contributed by atoms with Gasteiger partial charge in [0.15, 0.2) is 5.17 Å². The van der Waals surface area contributed by atoms with E-state index in [-0.39, 0.29) is 12.5 Å². The van der Waals surface area contributed by atoms with Crippen LogP contribution >= 0.6 is 27.7 Å². The minimum absolute atomic E-state index is 0.0215. The number of benzene rings is 1. The van der Waals surface area contributed by atoms with E-state index < -0.39 is 12.0 Å². The number of esters is 1. The minimum Gasteiger partial charge on any atom is -0.463 e. The maximum Gasteiger partial charge on any atom is 0.338 e. The third-order valence-electron chi connectivity index (χ3n) is 3.87. The number of carbonyl (C=O) groups is 2. The van der Waals surface area contributed by atoms with Crippen LogP contribution in [0.5, 0.6) is 0 Å². The minimum atomic E-state index is -0.505. The Morgan fingerprint density at radius 3 is 3.00 bits per heavy atom. The Morgan fingerprint density at radius 2 is 2.29 bits per heavy atom. The Bertz CT molecular complexity index is 760. The van der Waals surface area contributed by atoms with Crippen LogP contribution in [-0.4, -0.2) is 34.3 Å². The largest absolute Gasteiger partial charge is 0.463 e. The molecule has 1 fully saturated rings. The number of fused-ring (bicyclic) bond motifs is 1. The molecular weight excluding hydrogens is 392 g/mol. The Hall–Kier alpha value is -1.60. The fourth-order valence-electron chi connectivity index (χ4n) is 2.86. The summed E-state index contributed by atoms with van der Waals surface area (Å²) in [5.74, 6) is 0.263. The van der Waals surface area contributed by atoms with E-state index in [9.17, 15) is 9.59 Å². The van der Waals surface area contributed by atoms with Crippen molar-refractivity contribution >= 4 is 44.7 Å². The van der Waals surface area contributed by atoms with Gasteiger partial charge >= 0.3 is 5.97 Å². The Balaban J connectivity index is 2.16. The fourth-order valence-corrected chi connectivity index (χ4v) is 4.28. The van der Waals surface area contributed by atoms with Gasteiger partial charge in [0.1, 0.15) is 0 Å². The molecule has 1 aromatic rings. The lowest BCUT2D eigenvalue weighted by Gasteiger charge is -2.38. The van der Waals surface area contributed by atoms with Gasteiger partial charge in [-0.05, 0) is 31.5 Å². The maximum atomic E-state index is 12.6. The van der Waals surface area contributed by atoms with Crippen LogP contribution in [0.1, 0.15) is 31.9 Å². The van der Waals surface area contributed by atoms with E-state index in [1.165, 1.54) is 0 Å². The molecule has 0 aromatic heterocycles. The summed E-state index contributed by atoms with van der Waals surface area (Å²) in [6.45, 7) is 3.84. The number of hydrogen-bond acceptors (Lipinski definition) is 5. The summed E-state index contributed by atoms with van der Waals surface area (Å²) in [7, 11) is 0. The number of thioether (sulfide) groups is 1. The SMILES string of the molecule is CCOC(=O)C1=C(C)N=C2SCCC(=O)N2[C@H]1c1cccc(Br)c1. The molecule has 5 nitrogen and oxygen atoms in total. The van der Waals surface area contributed by atoms with E-state index in [4.69, 9.17) is 4.74 Å². The third kappa shape index (κ3) is 3.15. The molecule has 126 valence electrons. The lowest BCUT2D eigenvalue weighted by atomic mass is 9.94. The van der Waals surface area contributed by atoms with Crippen molar-refractivity contribution in [3.63, 3.8) is 0 Å². The standard InChI is InChI=1S/C17H17BrN2O3S/c1-3-23-16(22)14-10(2)19-17-20(13(21)7-8-24-17)15(14)11-5-4-6-12(18)9-11/h4-6,9,15H,3,7-8H2,1-2H3/t15-/m0/s1. The fraction of sp³-hybridized carbons (Fsp3) is 0.353. The number of nitrogens with zero attached hydrogens (tertiary/aromatic N) is 2. The van der Waals surface area contributed by atoms with Gasteiger partial charge in [-0.25, -0.2) is 9.79 Å². The molecule has 0 aliphatic carbocycles. The number of ether oxygens (including phenoxy) is 1. The number of aliphatic imine (C=N–C) groups is 1. The van der Waals surface area contributed by atoms with Crippen LogP contribution in [0.4, 0.5) is 0 Å². The average molecular weight is 409 g/mol. The van der Waals surface area contributed by atoms with Crippen LogP contribution < -0.4 is 0 Å². The Kier molecular flexibility index (Phi) is 5.10. The number of halogens is 1. The molecule has 0 bridgehead atoms. The van der Waals surface area contributed by atoms with E-state index in [2.05, 4.69) is 20.9 Å². The van der Waals surface area contributed by atoms with Crippen molar-refractivity contribution in [2.24, 2.45) is 4.99 Å². The van der Waals surface area contributed by atoms with Gasteiger partial charge in [0.2, 0.25) is 5.91 Å². The highest BCUT2D eigenvalue weighted by Gasteiger charge is 2.41. The maximum absolute atomic E-state index is 12.6. The highest BCUT2D eigenvalue weighted by molar-refractivity contribution is 9.10. The second kappa shape index (κ2) is 7.11. The molecule has 7 heteroatoms. The van der Waals surface area contributed by atoms with Crippen molar-refractivity contribution in [3.8, 4) is 0 Å². The van der Waals surface area contributed by atoms with E-state index >= 15 is 0 Å². The molecule has 1 aromatic carbocycles. The number of rotatable bonds is 3. The highest BCUT2D eigenvalue weighted by Crippen LogP contribution is 2.40. The quantitative estimate of drug-likeness (QED) is 0.715. The molecule has 2 heterocycles. The van der Waals surface area contributed by atoms with Crippen molar-refractivity contribution in [1.29, 1.82) is 0 Å². The molecule has 0 saturated carbocycles. The predicted molar refractivity (Wildman–Crippen MR) is 97.6 cm³/mol. The van der Waals surface area contributed by atoms with Gasteiger partial charge in [-0.2, -0.15) is 0 Å². The smallest absolute Gasteiger partial charge is 0.338 e. The van der Waals surface area contributed by atoms with Gasteiger partial charge in [0, 0.05) is 16.6 Å².